The maximum Gasteiger partial charge on any atom is 0.134 e. The molecule has 0 spiro atoms. The first-order valence-corrected chi connectivity index (χ1v) is 9.99. The largest absolute Gasteiger partial charge is 0.300 e. The number of rotatable bonds is 3. The van der Waals surface area contributed by atoms with Crippen LogP contribution in [0.1, 0.15) is 31.2 Å². The molecule has 2 aliphatic carbocycles. The van der Waals surface area contributed by atoms with Crippen LogP contribution in [0.2, 0.25) is 0 Å². The first-order valence-electron chi connectivity index (χ1n) is 9.00. The fourth-order valence-corrected chi connectivity index (χ4v) is 5.48. The van der Waals surface area contributed by atoms with Crippen LogP contribution in [0.15, 0.2) is 65.6 Å². The lowest BCUT2D eigenvalue weighted by Gasteiger charge is -2.26. The van der Waals surface area contributed by atoms with Gasteiger partial charge in [-0.05, 0) is 48.9 Å². The second-order valence-corrected chi connectivity index (χ2v) is 8.46. The minimum Gasteiger partial charge on any atom is -0.300 e. The first kappa shape index (κ1) is 16.5. The van der Waals surface area contributed by atoms with Crippen molar-refractivity contribution in [3.63, 3.8) is 0 Å². The van der Waals surface area contributed by atoms with Gasteiger partial charge in [-0.25, -0.2) is 0 Å². The summed E-state index contributed by atoms with van der Waals surface area (Å²) in [5.41, 5.74) is 0.964. The molecule has 0 aliphatic heterocycles. The Hall–Kier alpha value is -1.98. The number of fused-ring (bicyclic) bond motifs is 2. The highest BCUT2D eigenvalue weighted by Gasteiger charge is 2.49. The lowest BCUT2D eigenvalue weighted by molar-refractivity contribution is -0.122. The SMILES string of the molecule is O=C1CC2C[C@@](C#Cc3ccccc3)(C1)CC2CSc1ccccc1. The number of thioether (sulfide) groups is 1. The monoisotopic (exact) mass is 346 g/mol. The molecule has 0 amide bonds. The van der Waals surface area contributed by atoms with Gasteiger partial charge in [0.1, 0.15) is 5.78 Å². The van der Waals surface area contributed by atoms with Gasteiger partial charge in [-0.1, -0.05) is 48.2 Å². The van der Waals surface area contributed by atoms with Crippen LogP contribution in [-0.4, -0.2) is 11.5 Å². The summed E-state index contributed by atoms with van der Waals surface area (Å²) in [6.07, 6.45) is 3.58. The van der Waals surface area contributed by atoms with E-state index in [-0.39, 0.29) is 5.41 Å². The van der Waals surface area contributed by atoms with E-state index in [4.69, 9.17) is 0 Å². The van der Waals surface area contributed by atoms with E-state index in [1.807, 2.05) is 42.1 Å². The number of carbonyl (C=O) groups excluding carboxylic acids is 1. The van der Waals surface area contributed by atoms with Gasteiger partial charge < -0.3 is 0 Å². The average Bonchev–Trinajstić information content (AvgIpc) is 2.91. The molecule has 2 saturated carbocycles. The molecule has 4 rings (SSSR count). The number of benzene rings is 2. The van der Waals surface area contributed by atoms with Crippen molar-refractivity contribution in [3.05, 3.63) is 66.2 Å². The van der Waals surface area contributed by atoms with Crippen LogP contribution < -0.4 is 0 Å². The highest BCUT2D eigenvalue weighted by molar-refractivity contribution is 7.99. The molecule has 2 unspecified atom stereocenters. The Kier molecular flexibility index (Phi) is 4.68. The third-order valence-corrected chi connectivity index (χ3v) is 6.65. The topological polar surface area (TPSA) is 17.1 Å². The fourth-order valence-electron chi connectivity index (χ4n) is 4.33. The number of ketones is 1. The Morgan fingerprint density at radius 1 is 1.00 bits per heavy atom. The van der Waals surface area contributed by atoms with Gasteiger partial charge in [-0.3, -0.25) is 4.79 Å². The van der Waals surface area contributed by atoms with Crippen LogP contribution in [0.4, 0.5) is 0 Å². The zero-order valence-corrected chi connectivity index (χ0v) is 15.1. The summed E-state index contributed by atoms with van der Waals surface area (Å²) in [5.74, 6) is 9.48. The van der Waals surface area contributed by atoms with E-state index in [9.17, 15) is 4.79 Å². The molecular weight excluding hydrogens is 324 g/mol. The summed E-state index contributed by atoms with van der Waals surface area (Å²) in [6.45, 7) is 0. The average molecular weight is 346 g/mol. The van der Waals surface area contributed by atoms with E-state index in [1.54, 1.807) is 0 Å². The molecule has 126 valence electrons. The Balaban J connectivity index is 1.49. The second-order valence-electron chi connectivity index (χ2n) is 7.37. The van der Waals surface area contributed by atoms with Crippen molar-refractivity contribution in [2.24, 2.45) is 17.3 Å². The minimum atomic E-state index is -0.0856. The van der Waals surface area contributed by atoms with Crippen molar-refractivity contribution in [1.82, 2.24) is 0 Å². The normalized spacial score (nSPS) is 27.6. The van der Waals surface area contributed by atoms with Gasteiger partial charge in [-0.2, -0.15) is 0 Å². The third kappa shape index (κ3) is 3.83. The molecule has 0 saturated heterocycles. The van der Waals surface area contributed by atoms with Gasteiger partial charge in [0, 0.05) is 34.5 Å². The summed E-state index contributed by atoms with van der Waals surface area (Å²) in [6, 6.07) is 20.7. The molecule has 2 aliphatic rings. The van der Waals surface area contributed by atoms with Crippen molar-refractivity contribution in [1.29, 1.82) is 0 Å². The Labute approximate surface area is 154 Å². The number of Topliss-reactive ketones (excluding diaryl/α,β-unsaturated/α-hetero) is 1. The molecule has 0 aromatic heterocycles. The summed E-state index contributed by atoms with van der Waals surface area (Å²) in [5, 5.41) is 0. The van der Waals surface area contributed by atoms with E-state index in [2.05, 4.69) is 42.2 Å². The molecule has 2 fully saturated rings. The first-order chi connectivity index (χ1) is 12.2. The third-order valence-electron chi connectivity index (χ3n) is 5.45. The van der Waals surface area contributed by atoms with E-state index in [1.165, 1.54) is 4.90 Å². The quantitative estimate of drug-likeness (QED) is 0.561. The highest BCUT2D eigenvalue weighted by Crippen LogP contribution is 2.54. The molecule has 25 heavy (non-hydrogen) atoms. The molecule has 2 bridgehead atoms. The van der Waals surface area contributed by atoms with E-state index < -0.39 is 0 Å². The van der Waals surface area contributed by atoms with Crippen LogP contribution in [0.5, 0.6) is 0 Å². The van der Waals surface area contributed by atoms with Crippen molar-refractivity contribution < 1.29 is 4.79 Å². The molecule has 0 N–H and O–H groups in total. The van der Waals surface area contributed by atoms with Crippen LogP contribution >= 0.6 is 11.8 Å². The van der Waals surface area contributed by atoms with Crippen molar-refractivity contribution in [3.8, 4) is 11.8 Å². The number of hydrogen-bond donors (Lipinski definition) is 0. The standard InChI is InChI=1S/C23H22OS/c24-21-13-19-14-23(16-21,12-11-18-7-3-1-4-8-18)15-20(19)17-25-22-9-5-2-6-10-22/h1-10,19-20H,13-17H2/t19?,20?,23-/m1/s1. The Morgan fingerprint density at radius 2 is 1.72 bits per heavy atom. The molecule has 2 aromatic rings. The lowest BCUT2D eigenvalue weighted by Crippen LogP contribution is -2.25. The number of hydrogen-bond acceptors (Lipinski definition) is 2. The predicted octanol–water partition coefficient (Wildman–Crippen LogP) is 5.21. The van der Waals surface area contributed by atoms with Gasteiger partial charge in [0.25, 0.3) is 0 Å². The molecule has 0 heterocycles. The van der Waals surface area contributed by atoms with Crippen LogP contribution in [0.3, 0.4) is 0 Å². The molecule has 3 atom stereocenters. The summed E-state index contributed by atoms with van der Waals surface area (Å²) < 4.78 is 0. The van der Waals surface area contributed by atoms with E-state index >= 15 is 0 Å². The van der Waals surface area contributed by atoms with Crippen LogP contribution in [0, 0.1) is 29.1 Å². The molecule has 2 heteroatoms. The summed E-state index contributed by atoms with van der Waals surface area (Å²) in [7, 11) is 0. The smallest absolute Gasteiger partial charge is 0.134 e. The molecular formula is C23H22OS. The zero-order chi connectivity index (χ0) is 17.1. The van der Waals surface area contributed by atoms with Gasteiger partial charge >= 0.3 is 0 Å². The highest BCUT2D eigenvalue weighted by atomic mass is 32.2. The van der Waals surface area contributed by atoms with Gasteiger partial charge in [0.15, 0.2) is 0 Å². The van der Waals surface area contributed by atoms with Crippen LogP contribution in [0.25, 0.3) is 0 Å². The van der Waals surface area contributed by atoms with E-state index in [0.717, 1.165) is 30.6 Å². The van der Waals surface area contributed by atoms with Gasteiger partial charge in [0.05, 0.1) is 0 Å². The second kappa shape index (κ2) is 7.10. The molecule has 1 nitrogen and oxygen atoms in total. The molecule has 2 aromatic carbocycles. The fraction of sp³-hybridized carbons (Fsp3) is 0.348. The van der Waals surface area contributed by atoms with Crippen LogP contribution in [-0.2, 0) is 4.79 Å². The van der Waals surface area contributed by atoms with Crippen molar-refractivity contribution >= 4 is 17.5 Å². The zero-order valence-electron chi connectivity index (χ0n) is 14.3. The van der Waals surface area contributed by atoms with Crippen molar-refractivity contribution in [2.45, 2.75) is 30.6 Å². The number of carbonyl (C=O) groups is 1. The Morgan fingerprint density at radius 3 is 2.48 bits per heavy atom. The van der Waals surface area contributed by atoms with E-state index in [0.29, 0.717) is 24.0 Å². The predicted molar refractivity (Wildman–Crippen MR) is 103 cm³/mol. The minimum absolute atomic E-state index is 0.0856. The molecule has 0 radical (unpaired) electrons. The Bertz CT molecular complexity index is 802. The maximum atomic E-state index is 12.3. The van der Waals surface area contributed by atoms with Gasteiger partial charge in [0.2, 0.25) is 0 Å². The summed E-state index contributed by atoms with van der Waals surface area (Å²) >= 11 is 1.92. The summed E-state index contributed by atoms with van der Waals surface area (Å²) in [4.78, 5) is 13.6. The maximum absolute atomic E-state index is 12.3. The lowest BCUT2D eigenvalue weighted by atomic mass is 9.75. The van der Waals surface area contributed by atoms with Gasteiger partial charge in [-0.15, -0.1) is 11.8 Å². The van der Waals surface area contributed by atoms with Crippen molar-refractivity contribution in [2.75, 3.05) is 5.75 Å².